The standard InChI is InChI=1S/C5H8.C4H2O3/c1-2-4-5-3-1;5-3-1-2-4(6)7-3/h1-2H,3-5H2;1-2H. The van der Waals surface area contributed by atoms with Crippen molar-refractivity contribution in [1.29, 1.82) is 0 Å². The number of rotatable bonds is 0. The molecule has 0 atom stereocenters. The Morgan fingerprint density at radius 3 is 1.67 bits per heavy atom. The molecular weight excluding hydrogens is 156 g/mol. The first-order valence-electron chi connectivity index (χ1n) is 3.88. The third-order valence-electron chi connectivity index (χ3n) is 1.46. The summed E-state index contributed by atoms with van der Waals surface area (Å²) in [5.41, 5.74) is 0. The van der Waals surface area contributed by atoms with E-state index in [1.807, 2.05) is 0 Å². The maximum Gasteiger partial charge on any atom is 0.338 e. The van der Waals surface area contributed by atoms with Crippen LogP contribution in [0, 0.1) is 0 Å². The minimum atomic E-state index is -0.579. The first-order valence-corrected chi connectivity index (χ1v) is 3.88. The molecule has 0 spiro atoms. The molecule has 3 heteroatoms. The monoisotopic (exact) mass is 166 g/mol. The van der Waals surface area contributed by atoms with Crippen molar-refractivity contribution in [2.75, 3.05) is 0 Å². The van der Waals surface area contributed by atoms with Gasteiger partial charge in [-0.2, -0.15) is 0 Å². The summed E-state index contributed by atoms with van der Waals surface area (Å²) in [6.45, 7) is 0. The van der Waals surface area contributed by atoms with Gasteiger partial charge in [-0.15, -0.1) is 0 Å². The molecule has 0 N–H and O–H groups in total. The average Bonchev–Trinajstić information content (AvgIpc) is 2.63. The Labute approximate surface area is 70.7 Å². The molecule has 0 fully saturated rings. The van der Waals surface area contributed by atoms with Crippen molar-refractivity contribution >= 4 is 11.9 Å². The topological polar surface area (TPSA) is 43.4 Å². The summed E-state index contributed by atoms with van der Waals surface area (Å²) in [6.07, 6.45) is 10.7. The van der Waals surface area contributed by atoms with Crippen LogP contribution in [0.4, 0.5) is 0 Å². The zero-order valence-electron chi connectivity index (χ0n) is 6.66. The van der Waals surface area contributed by atoms with Gasteiger partial charge in [-0.3, -0.25) is 0 Å². The SMILES string of the molecule is C1=CCCC1.O=C1C=CC(=O)O1. The summed E-state index contributed by atoms with van der Waals surface area (Å²) >= 11 is 0. The van der Waals surface area contributed by atoms with E-state index >= 15 is 0 Å². The van der Waals surface area contributed by atoms with Crippen molar-refractivity contribution in [2.45, 2.75) is 19.3 Å². The summed E-state index contributed by atoms with van der Waals surface area (Å²) in [5.74, 6) is -1.16. The molecular formula is C9H10O3. The van der Waals surface area contributed by atoms with Crippen LogP contribution in [0.15, 0.2) is 24.3 Å². The zero-order valence-corrected chi connectivity index (χ0v) is 6.66. The Morgan fingerprint density at radius 2 is 1.50 bits per heavy atom. The van der Waals surface area contributed by atoms with Crippen LogP contribution in [0.2, 0.25) is 0 Å². The number of carbonyl (C=O) groups excluding carboxylic acids is 2. The van der Waals surface area contributed by atoms with Crippen LogP contribution < -0.4 is 0 Å². The van der Waals surface area contributed by atoms with Crippen molar-refractivity contribution in [2.24, 2.45) is 0 Å². The summed E-state index contributed by atoms with van der Waals surface area (Å²) in [4.78, 5) is 19.8. The van der Waals surface area contributed by atoms with Crippen molar-refractivity contribution in [3.63, 3.8) is 0 Å². The molecule has 0 saturated carbocycles. The lowest BCUT2D eigenvalue weighted by Gasteiger charge is -1.80. The van der Waals surface area contributed by atoms with E-state index < -0.39 is 11.9 Å². The lowest BCUT2D eigenvalue weighted by molar-refractivity contribution is -0.150. The molecule has 0 radical (unpaired) electrons. The normalized spacial score (nSPS) is 19.0. The van der Waals surface area contributed by atoms with Crippen LogP contribution in [0.5, 0.6) is 0 Å². The van der Waals surface area contributed by atoms with Gasteiger partial charge in [0.2, 0.25) is 0 Å². The van der Waals surface area contributed by atoms with Gasteiger partial charge < -0.3 is 4.74 Å². The highest BCUT2D eigenvalue weighted by Crippen LogP contribution is 2.05. The van der Waals surface area contributed by atoms with E-state index in [4.69, 9.17) is 0 Å². The van der Waals surface area contributed by atoms with Crippen LogP contribution in [0.25, 0.3) is 0 Å². The highest BCUT2D eigenvalue weighted by atomic mass is 16.6. The Hall–Kier alpha value is -1.38. The fraction of sp³-hybridized carbons (Fsp3) is 0.333. The van der Waals surface area contributed by atoms with E-state index in [0.717, 1.165) is 12.2 Å². The quantitative estimate of drug-likeness (QED) is 0.310. The lowest BCUT2D eigenvalue weighted by Crippen LogP contribution is -1.96. The molecule has 0 unspecified atom stereocenters. The van der Waals surface area contributed by atoms with Gasteiger partial charge in [0.05, 0.1) is 0 Å². The molecule has 3 nitrogen and oxygen atoms in total. The third-order valence-corrected chi connectivity index (χ3v) is 1.46. The molecule has 0 amide bonds. The highest BCUT2D eigenvalue weighted by molar-refractivity contribution is 6.04. The number of allylic oxidation sites excluding steroid dienone is 2. The Balaban J connectivity index is 0.000000127. The van der Waals surface area contributed by atoms with Gasteiger partial charge in [-0.05, 0) is 19.3 Å². The predicted octanol–water partition coefficient (Wildman–Crippen LogP) is 1.35. The highest BCUT2D eigenvalue weighted by Gasteiger charge is 2.10. The smallest absolute Gasteiger partial charge is 0.338 e. The summed E-state index contributed by atoms with van der Waals surface area (Å²) < 4.78 is 3.97. The van der Waals surface area contributed by atoms with E-state index in [1.54, 1.807) is 0 Å². The number of hydrogen-bond acceptors (Lipinski definition) is 3. The third kappa shape index (κ3) is 3.14. The van der Waals surface area contributed by atoms with Crippen LogP contribution in [-0.4, -0.2) is 11.9 Å². The molecule has 2 aliphatic rings. The fourth-order valence-electron chi connectivity index (χ4n) is 0.893. The van der Waals surface area contributed by atoms with Crippen LogP contribution >= 0.6 is 0 Å². The second-order valence-corrected chi connectivity index (χ2v) is 2.48. The number of ether oxygens (including phenoxy) is 1. The van der Waals surface area contributed by atoms with E-state index in [1.165, 1.54) is 19.3 Å². The van der Waals surface area contributed by atoms with E-state index in [-0.39, 0.29) is 0 Å². The number of cyclic esters (lactones) is 2. The van der Waals surface area contributed by atoms with E-state index in [2.05, 4.69) is 16.9 Å². The van der Waals surface area contributed by atoms with Crippen molar-refractivity contribution in [3.8, 4) is 0 Å². The molecule has 1 heterocycles. The number of esters is 2. The van der Waals surface area contributed by atoms with Gasteiger partial charge in [0.25, 0.3) is 0 Å². The Bertz CT molecular complexity index is 216. The predicted molar refractivity (Wildman–Crippen MR) is 43.2 cm³/mol. The first kappa shape index (κ1) is 8.71. The molecule has 1 aliphatic carbocycles. The van der Waals surface area contributed by atoms with Gasteiger partial charge in [-0.25, -0.2) is 9.59 Å². The Kier molecular flexibility index (Phi) is 3.26. The summed E-state index contributed by atoms with van der Waals surface area (Å²) in [7, 11) is 0. The van der Waals surface area contributed by atoms with Gasteiger partial charge >= 0.3 is 11.9 Å². The van der Waals surface area contributed by atoms with Crippen molar-refractivity contribution in [1.82, 2.24) is 0 Å². The number of hydrogen-bond donors (Lipinski definition) is 0. The maximum atomic E-state index is 9.92. The van der Waals surface area contributed by atoms with Crippen molar-refractivity contribution in [3.05, 3.63) is 24.3 Å². The van der Waals surface area contributed by atoms with Crippen molar-refractivity contribution < 1.29 is 14.3 Å². The second kappa shape index (κ2) is 4.49. The lowest BCUT2D eigenvalue weighted by atomic mass is 10.4. The molecule has 12 heavy (non-hydrogen) atoms. The first-order chi connectivity index (χ1) is 5.79. The molecule has 64 valence electrons. The molecule has 0 aromatic carbocycles. The van der Waals surface area contributed by atoms with Crippen LogP contribution in [0.3, 0.4) is 0 Å². The molecule has 0 aromatic rings. The van der Waals surface area contributed by atoms with Gasteiger partial charge in [0, 0.05) is 12.2 Å². The van der Waals surface area contributed by atoms with E-state index in [9.17, 15) is 9.59 Å². The van der Waals surface area contributed by atoms with E-state index in [0.29, 0.717) is 0 Å². The largest absolute Gasteiger partial charge is 0.387 e. The second-order valence-electron chi connectivity index (χ2n) is 2.48. The van der Waals surface area contributed by atoms with Crippen LogP contribution in [0.1, 0.15) is 19.3 Å². The Morgan fingerprint density at radius 1 is 1.00 bits per heavy atom. The molecule has 0 aromatic heterocycles. The molecule has 0 saturated heterocycles. The number of carbonyl (C=O) groups is 2. The summed E-state index contributed by atoms with van der Waals surface area (Å²) in [5, 5.41) is 0. The minimum absolute atomic E-state index is 0.579. The molecule has 2 rings (SSSR count). The minimum Gasteiger partial charge on any atom is -0.387 e. The summed E-state index contributed by atoms with van der Waals surface area (Å²) in [6, 6.07) is 0. The maximum absolute atomic E-state index is 9.92. The van der Waals surface area contributed by atoms with Gasteiger partial charge in [-0.1, -0.05) is 12.2 Å². The van der Waals surface area contributed by atoms with Gasteiger partial charge in [0.15, 0.2) is 0 Å². The zero-order chi connectivity index (χ0) is 8.81. The fourth-order valence-corrected chi connectivity index (χ4v) is 0.893. The van der Waals surface area contributed by atoms with Gasteiger partial charge in [0.1, 0.15) is 0 Å². The molecule has 0 bridgehead atoms. The average molecular weight is 166 g/mol. The molecule has 1 aliphatic heterocycles. The van der Waals surface area contributed by atoms with Crippen LogP contribution in [-0.2, 0) is 14.3 Å².